The summed E-state index contributed by atoms with van der Waals surface area (Å²) in [6.07, 6.45) is 0. The van der Waals surface area contributed by atoms with Gasteiger partial charge in [-0.05, 0) is 31.2 Å². The summed E-state index contributed by atoms with van der Waals surface area (Å²) in [7, 11) is 1.89. The second-order valence-corrected chi connectivity index (χ2v) is 5.73. The molecule has 0 spiro atoms. The Hall–Kier alpha value is -2.21. The van der Waals surface area contributed by atoms with Crippen LogP contribution in [0.25, 0.3) is 0 Å². The van der Waals surface area contributed by atoms with Crippen molar-refractivity contribution in [1.29, 1.82) is 0 Å². The molecule has 2 rings (SSSR count). The molecule has 0 radical (unpaired) electrons. The minimum absolute atomic E-state index is 0.0514. The number of carbonyl (C=O) groups is 2. The van der Waals surface area contributed by atoms with E-state index in [0.717, 1.165) is 26.7 Å². The quantitative estimate of drug-likeness (QED) is 0.886. The first-order chi connectivity index (χ1) is 9.88. The summed E-state index contributed by atoms with van der Waals surface area (Å²) in [4.78, 5) is 28.6. The molecule has 5 nitrogen and oxygen atoms in total. The standard InChI is InChI=1S/C15H17N3O2S/c1-9-14(10(2)19)21-15(18(9)4)17-13-7-5-12(6-8-13)16-11(3)20/h5-8H,1-4H3,(H,16,20)/b17-15+. The number of aromatic nitrogens is 1. The molecular formula is C15H17N3O2S. The fraction of sp³-hybridized carbons (Fsp3) is 0.267. The average Bonchev–Trinajstić information content (AvgIpc) is 2.69. The number of anilines is 1. The molecular weight excluding hydrogens is 286 g/mol. The van der Waals surface area contributed by atoms with Crippen LogP contribution < -0.4 is 10.1 Å². The van der Waals surface area contributed by atoms with Gasteiger partial charge in [0.05, 0.1) is 10.6 Å². The van der Waals surface area contributed by atoms with Crippen LogP contribution in [0.1, 0.15) is 29.2 Å². The third kappa shape index (κ3) is 3.46. The number of amides is 1. The molecule has 0 aliphatic carbocycles. The molecule has 0 fully saturated rings. The van der Waals surface area contributed by atoms with Gasteiger partial charge in [0.15, 0.2) is 10.6 Å². The highest BCUT2D eigenvalue weighted by atomic mass is 32.1. The number of benzene rings is 1. The summed E-state index contributed by atoms with van der Waals surface area (Å²) in [6, 6.07) is 7.25. The molecule has 1 heterocycles. The molecule has 0 aliphatic rings. The Balaban J connectivity index is 2.38. The minimum atomic E-state index is -0.105. The Morgan fingerprint density at radius 2 is 1.81 bits per heavy atom. The lowest BCUT2D eigenvalue weighted by atomic mass is 10.3. The maximum Gasteiger partial charge on any atom is 0.221 e. The Kier molecular flexibility index (Phi) is 4.37. The van der Waals surface area contributed by atoms with Crippen LogP contribution in [0.5, 0.6) is 0 Å². The Morgan fingerprint density at radius 1 is 1.19 bits per heavy atom. The van der Waals surface area contributed by atoms with Gasteiger partial charge in [-0.15, -0.1) is 0 Å². The van der Waals surface area contributed by atoms with Gasteiger partial charge < -0.3 is 9.88 Å². The highest BCUT2D eigenvalue weighted by Crippen LogP contribution is 2.17. The van der Waals surface area contributed by atoms with Crippen LogP contribution in [0.15, 0.2) is 29.3 Å². The second kappa shape index (κ2) is 6.05. The predicted molar refractivity (Wildman–Crippen MR) is 84.0 cm³/mol. The number of rotatable bonds is 3. The molecule has 0 saturated carbocycles. The third-order valence-corrected chi connectivity index (χ3v) is 4.38. The molecule has 21 heavy (non-hydrogen) atoms. The van der Waals surface area contributed by atoms with Crippen molar-refractivity contribution < 1.29 is 9.59 Å². The minimum Gasteiger partial charge on any atom is -0.326 e. The van der Waals surface area contributed by atoms with Crippen LogP contribution in [0.3, 0.4) is 0 Å². The van der Waals surface area contributed by atoms with Crippen molar-refractivity contribution in [3.05, 3.63) is 39.6 Å². The van der Waals surface area contributed by atoms with Gasteiger partial charge in [-0.3, -0.25) is 9.59 Å². The van der Waals surface area contributed by atoms with Crippen LogP contribution in [0, 0.1) is 6.92 Å². The van der Waals surface area contributed by atoms with Crippen molar-refractivity contribution in [2.45, 2.75) is 20.8 Å². The number of Topliss-reactive ketones (excluding diaryl/α,β-unsaturated/α-hetero) is 1. The zero-order valence-electron chi connectivity index (χ0n) is 12.4. The van der Waals surface area contributed by atoms with Gasteiger partial charge in [0.1, 0.15) is 0 Å². The molecule has 6 heteroatoms. The Labute approximate surface area is 127 Å². The molecule has 1 N–H and O–H groups in total. The maximum atomic E-state index is 11.5. The first-order valence-corrected chi connectivity index (χ1v) is 7.30. The Morgan fingerprint density at radius 3 is 2.29 bits per heavy atom. The van der Waals surface area contributed by atoms with Gasteiger partial charge >= 0.3 is 0 Å². The molecule has 110 valence electrons. The number of thiazole rings is 1. The van der Waals surface area contributed by atoms with Gasteiger partial charge in [-0.2, -0.15) is 0 Å². The van der Waals surface area contributed by atoms with E-state index in [2.05, 4.69) is 10.3 Å². The smallest absolute Gasteiger partial charge is 0.221 e. The summed E-state index contributed by atoms with van der Waals surface area (Å²) in [6.45, 7) is 4.94. The molecule has 0 atom stereocenters. The molecule has 1 amide bonds. The van der Waals surface area contributed by atoms with E-state index in [1.807, 2.05) is 30.7 Å². The third-order valence-electron chi connectivity index (χ3n) is 3.04. The summed E-state index contributed by atoms with van der Waals surface area (Å²) >= 11 is 1.38. The number of ketones is 1. The van der Waals surface area contributed by atoms with Gasteiger partial charge in [0, 0.05) is 32.3 Å². The lowest BCUT2D eigenvalue weighted by Crippen LogP contribution is -2.11. The van der Waals surface area contributed by atoms with Gasteiger partial charge in [0.25, 0.3) is 0 Å². The highest BCUT2D eigenvalue weighted by Gasteiger charge is 2.10. The van der Waals surface area contributed by atoms with E-state index >= 15 is 0 Å². The summed E-state index contributed by atoms with van der Waals surface area (Å²) in [5.74, 6) is -0.0540. The van der Waals surface area contributed by atoms with E-state index in [1.54, 1.807) is 19.1 Å². The first-order valence-electron chi connectivity index (χ1n) is 6.48. The van der Waals surface area contributed by atoms with Crippen LogP contribution in [0.2, 0.25) is 0 Å². The van der Waals surface area contributed by atoms with Crippen molar-refractivity contribution >= 4 is 34.4 Å². The van der Waals surface area contributed by atoms with Crippen LogP contribution in [-0.4, -0.2) is 16.3 Å². The van der Waals surface area contributed by atoms with Crippen molar-refractivity contribution in [1.82, 2.24) is 4.57 Å². The van der Waals surface area contributed by atoms with Gasteiger partial charge in [-0.1, -0.05) is 11.3 Å². The number of nitrogens with one attached hydrogen (secondary N) is 1. The van der Waals surface area contributed by atoms with Crippen molar-refractivity contribution in [3.8, 4) is 0 Å². The summed E-state index contributed by atoms with van der Waals surface area (Å²) in [5.41, 5.74) is 2.43. The molecule has 2 aromatic rings. The van der Waals surface area contributed by atoms with Crippen molar-refractivity contribution in [2.24, 2.45) is 12.0 Å². The first kappa shape index (κ1) is 15.2. The van der Waals surface area contributed by atoms with Crippen LogP contribution in [0.4, 0.5) is 11.4 Å². The molecule has 1 aromatic carbocycles. The highest BCUT2D eigenvalue weighted by molar-refractivity contribution is 7.11. The fourth-order valence-corrected chi connectivity index (χ4v) is 2.92. The van der Waals surface area contributed by atoms with Crippen LogP contribution in [-0.2, 0) is 11.8 Å². The number of carbonyl (C=O) groups excluding carboxylic acids is 2. The van der Waals surface area contributed by atoms with Crippen molar-refractivity contribution in [2.75, 3.05) is 5.32 Å². The van der Waals surface area contributed by atoms with Gasteiger partial charge in [-0.25, -0.2) is 4.99 Å². The van der Waals surface area contributed by atoms with Gasteiger partial charge in [0.2, 0.25) is 5.91 Å². The average molecular weight is 303 g/mol. The van der Waals surface area contributed by atoms with E-state index in [0.29, 0.717) is 0 Å². The summed E-state index contributed by atoms with van der Waals surface area (Å²) < 4.78 is 1.91. The number of hydrogen-bond donors (Lipinski definition) is 1. The normalized spacial score (nSPS) is 11.5. The second-order valence-electron chi connectivity index (χ2n) is 4.75. The van der Waals surface area contributed by atoms with E-state index < -0.39 is 0 Å². The number of nitrogens with zero attached hydrogens (tertiary/aromatic N) is 2. The molecule has 1 aromatic heterocycles. The van der Waals surface area contributed by atoms with E-state index in [4.69, 9.17) is 0 Å². The zero-order chi connectivity index (χ0) is 15.6. The number of hydrogen-bond acceptors (Lipinski definition) is 4. The molecule has 0 aliphatic heterocycles. The topological polar surface area (TPSA) is 63.5 Å². The van der Waals surface area contributed by atoms with E-state index in [-0.39, 0.29) is 11.7 Å². The lowest BCUT2D eigenvalue weighted by molar-refractivity contribution is -0.114. The fourth-order valence-electron chi connectivity index (χ4n) is 1.89. The molecule has 0 unspecified atom stereocenters. The Bertz CT molecular complexity index is 754. The van der Waals surface area contributed by atoms with E-state index in [9.17, 15) is 9.59 Å². The largest absolute Gasteiger partial charge is 0.326 e. The molecule has 0 saturated heterocycles. The lowest BCUT2D eigenvalue weighted by Gasteiger charge is -2.01. The maximum absolute atomic E-state index is 11.5. The monoisotopic (exact) mass is 303 g/mol. The van der Waals surface area contributed by atoms with Crippen LogP contribution >= 0.6 is 11.3 Å². The van der Waals surface area contributed by atoms with Crippen molar-refractivity contribution in [3.63, 3.8) is 0 Å². The summed E-state index contributed by atoms with van der Waals surface area (Å²) in [5, 5.41) is 2.71. The molecule has 0 bridgehead atoms. The zero-order valence-corrected chi connectivity index (χ0v) is 13.2. The predicted octanol–water partition coefficient (Wildman–Crippen LogP) is 2.79. The SMILES string of the molecule is CC(=O)Nc1ccc(/N=c2/sc(C(C)=O)c(C)n2C)cc1. The van der Waals surface area contributed by atoms with E-state index in [1.165, 1.54) is 18.3 Å².